The summed E-state index contributed by atoms with van der Waals surface area (Å²) < 4.78 is 0. The van der Waals surface area contributed by atoms with Gasteiger partial charge in [-0.25, -0.2) is 0 Å². The summed E-state index contributed by atoms with van der Waals surface area (Å²) in [5.41, 5.74) is 0.377. The van der Waals surface area contributed by atoms with Gasteiger partial charge in [0.1, 0.15) is 0 Å². The van der Waals surface area contributed by atoms with E-state index in [0.29, 0.717) is 16.4 Å². The van der Waals surface area contributed by atoms with Gasteiger partial charge < -0.3 is 15.7 Å². The number of aliphatic hydroxyl groups is 1. The number of hydrogen-bond donors (Lipinski definition) is 3. The van der Waals surface area contributed by atoms with Crippen LogP contribution < -0.4 is 10.6 Å². The number of nitrogens with one attached hydrogen (secondary N) is 2. The predicted octanol–water partition coefficient (Wildman–Crippen LogP) is 2.93. The molecule has 0 spiro atoms. The van der Waals surface area contributed by atoms with Crippen LogP contribution in [-0.2, 0) is 4.79 Å². The number of hydrogen-bond acceptors (Lipinski definition) is 4. The van der Waals surface area contributed by atoms with Crippen molar-refractivity contribution < 1.29 is 14.7 Å². The van der Waals surface area contributed by atoms with Crippen LogP contribution in [0.5, 0.6) is 0 Å². The number of aliphatic hydroxyl groups excluding tert-OH is 1. The van der Waals surface area contributed by atoms with Crippen LogP contribution in [0.3, 0.4) is 0 Å². The first-order chi connectivity index (χ1) is 10.7. The Morgan fingerprint density at radius 3 is 2.61 bits per heavy atom. The summed E-state index contributed by atoms with van der Waals surface area (Å²) in [4.78, 5) is 25.0. The van der Waals surface area contributed by atoms with Gasteiger partial charge in [-0.05, 0) is 31.4 Å². The summed E-state index contributed by atoms with van der Waals surface area (Å²) in [7, 11) is 0. The van der Waals surface area contributed by atoms with Gasteiger partial charge >= 0.3 is 0 Å². The molecule has 2 atom stereocenters. The Kier molecular flexibility index (Phi) is 5.47. The van der Waals surface area contributed by atoms with Crippen LogP contribution >= 0.6 is 11.3 Å². The van der Waals surface area contributed by atoms with E-state index in [0.717, 1.165) is 24.8 Å². The Morgan fingerprint density at radius 1 is 1.35 bits per heavy atom. The molecule has 0 aliphatic heterocycles. The van der Waals surface area contributed by atoms with E-state index in [4.69, 9.17) is 0 Å². The summed E-state index contributed by atoms with van der Waals surface area (Å²) in [5, 5.41) is 16.3. The highest BCUT2D eigenvalue weighted by atomic mass is 32.1. The molecule has 0 radical (unpaired) electrons. The Bertz CT molecular complexity index is 589. The van der Waals surface area contributed by atoms with E-state index in [1.165, 1.54) is 11.3 Å². The van der Waals surface area contributed by atoms with Crippen molar-refractivity contribution in [1.82, 2.24) is 5.32 Å². The number of amides is 2. The summed E-state index contributed by atoms with van der Waals surface area (Å²) in [6.07, 6.45) is 2.49. The number of rotatable bonds is 4. The van der Waals surface area contributed by atoms with Crippen LogP contribution in [-0.4, -0.2) is 29.6 Å². The topological polar surface area (TPSA) is 78.4 Å². The van der Waals surface area contributed by atoms with E-state index >= 15 is 0 Å². The predicted molar refractivity (Wildman–Crippen MR) is 92.8 cm³/mol. The maximum absolute atomic E-state index is 12.3. The lowest BCUT2D eigenvalue weighted by Crippen LogP contribution is -2.32. The largest absolute Gasteiger partial charge is 0.393 e. The number of anilines is 1. The van der Waals surface area contributed by atoms with Crippen LogP contribution in [0.4, 0.5) is 5.00 Å². The minimum absolute atomic E-state index is 0.0696. The van der Waals surface area contributed by atoms with Gasteiger partial charge in [0, 0.05) is 17.9 Å². The van der Waals surface area contributed by atoms with Crippen LogP contribution in [0.2, 0.25) is 0 Å². The van der Waals surface area contributed by atoms with Crippen molar-refractivity contribution in [2.75, 3.05) is 11.9 Å². The standard InChI is InChI=1S/C17H26N2O3S/c1-10-8-13(19-16(22)17(2,3)4)23-14(10)15(21)18-9-11-6-5-7-12(11)20/h8,11-12,20H,5-7,9H2,1-4H3,(H,18,21)(H,19,22). The molecule has 0 bridgehead atoms. The zero-order valence-electron chi connectivity index (χ0n) is 14.2. The number of carbonyl (C=O) groups is 2. The van der Waals surface area contributed by atoms with E-state index in [-0.39, 0.29) is 23.8 Å². The fraction of sp³-hybridized carbons (Fsp3) is 0.647. The molecule has 1 saturated carbocycles. The second-order valence-corrected chi connectivity index (χ2v) is 8.35. The first kappa shape index (κ1) is 17.9. The lowest BCUT2D eigenvalue weighted by Gasteiger charge is -2.16. The lowest BCUT2D eigenvalue weighted by atomic mass is 9.96. The zero-order valence-corrected chi connectivity index (χ0v) is 15.0. The quantitative estimate of drug-likeness (QED) is 0.790. The molecule has 1 aliphatic rings. The van der Waals surface area contributed by atoms with Gasteiger partial charge in [-0.15, -0.1) is 11.3 Å². The van der Waals surface area contributed by atoms with E-state index in [1.807, 2.05) is 33.8 Å². The van der Waals surface area contributed by atoms with Gasteiger partial charge in [0.15, 0.2) is 0 Å². The van der Waals surface area contributed by atoms with Gasteiger partial charge in [0.05, 0.1) is 16.0 Å². The molecule has 6 heteroatoms. The van der Waals surface area contributed by atoms with Crippen molar-refractivity contribution in [2.24, 2.45) is 11.3 Å². The molecule has 0 saturated heterocycles. The molecule has 2 rings (SSSR count). The SMILES string of the molecule is Cc1cc(NC(=O)C(C)(C)C)sc1C(=O)NCC1CCCC1O. The van der Waals surface area contributed by atoms with Crippen LogP contribution in [0, 0.1) is 18.3 Å². The normalized spacial score (nSPS) is 21.3. The summed E-state index contributed by atoms with van der Waals surface area (Å²) in [5.74, 6) is -0.0538. The summed E-state index contributed by atoms with van der Waals surface area (Å²) >= 11 is 1.29. The Labute approximate surface area is 141 Å². The summed E-state index contributed by atoms with van der Waals surface area (Å²) in [6, 6.07) is 1.83. The Balaban J connectivity index is 1.97. The van der Waals surface area contributed by atoms with Crippen molar-refractivity contribution in [2.45, 2.75) is 53.1 Å². The van der Waals surface area contributed by atoms with Crippen molar-refractivity contribution in [1.29, 1.82) is 0 Å². The number of thiophene rings is 1. The maximum Gasteiger partial charge on any atom is 0.261 e. The minimum atomic E-state index is -0.473. The third-order valence-electron chi connectivity index (χ3n) is 4.19. The van der Waals surface area contributed by atoms with Crippen LogP contribution in [0.25, 0.3) is 0 Å². The fourth-order valence-corrected chi connectivity index (χ4v) is 3.61. The first-order valence-corrected chi connectivity index (χ1v) is 8.88. The third kappa shape index (κ3) is 4.54. The third-order valence-corrected chi connectivity index (χ3v) is 5.34. The zero-order chi connectivity index (χ0) is 17.2. The van der Waals surface area contributed by atoms with E-state index in [1.54, 1.807) is 0 Å². The van der Waals surface area contributed by atoms with Gasteiger partial charge in [-0.3, -0.25) is 9.59 Å². The van der Waals surface area contributed by atoms with E-state index < -0.39 is 5.41 Å². The Morgan fingerprint density at radius 2 is 2.04 bits per heavy atom. The van der Waals surface area contributed by atoms with Gasteiger partial charge in [-0.2, -0.15) is 0 Å². The molecule has 1 aliphatic carbocycles. The molecule has 5 nitrogen and oxygen atoms in total. The first-order valence-electron chi connectivity index (χ1n) is 8.06. The van der Waals surface area contributed by atoms with Gasteiger partial charge in [-0.1, -0.05) is 27.2 Å². The van der Waals surface area contributed by atoms with Crippen LogP contribution in [0.1, 0.15) is 55.3 Å². The van der Waals surface area contributed by atoms with Crippen molar-refractivity contribution in [3.05, 3.63) is 16.5 Å². The molecule has 0 aromatic carbocycles. The highest BCUT2D eigenvalue weighted by Gasteiger charge is 2.26. The second kappa shape index (κ2) is 7.01. The fourth-order valence-electron chi connectivity index (χ4n) is 2.63. The summed E-state index contributed by atoms with van der Waals surface area (Å²) in [6.45, 7) is 7.92. The molecule has 1 fully saturated rings. The highest BCUT2D eigenvalue weighted by molar-refractivity contribution is 7.18. The second-order valence-electron chi connectivity index (χ2n) is 7.30. The Hall–Kier alpha value is -1.40. The van der Waals surface area contributed by atoms with E-state index in [2.05, 4.69) is 10.6 Å². The molecule has 2 unspecified atom stereocenters. The molecular formula is C17H26N2O3S. The molecule has 1 heterocycles. The van der Waals surface area contributed by atoms with Gasteiger partial charge in [0.25, 0.3) is 5.91 Å². The molecular weight excluding hydrogens is 312 g/mol. The molecule has 1 aromatic rings. The van der Waals surface area contributed by atoms with Crippen LogP contribution in [0.15, 0.2) is 6.07 Å². The molecule has 3 N–H and O–H groups in total. The van der Waals surface area contributed by atoms with Crippen molar-refractivity contribution >= 4 is 28.2 Å². The molecule has 23 heavy (non-hydrogen) atoms. The molecule has 128 valence electrons. The molecule has 2 amide bonds. The monoisotopic (exact) mass is 338 g/mol. The minimum Gasteiger partial charge on any atom is -0.393 e. The number of carbonyl (C=O) groups excluding carboxylic acids is 2. The van der Waals surface area contributed by atoms with Crippen molar-refractivity contribution in [3.8, 4) is 0 Å². The number of aryl methyl sites for hydroxylation is 1. The average molecular weight is 338 g/mol. The maximum atomic E-state index is 12.3. The van der Waals surface area contributed by atoms with Crippen molar-refractivity contribution in [3.63, 3.8) is 0 Å². The lowest BCUT2D eigenvalue weighted by molar-refractivity contribution is -0.123. The van der Waals surface area contributed by atoms with Gasteiger partial charge in [0.2, 0.25) is 5.91 Å². The average Bonchev–Trinajstić information content (AvgIpc) is 3.01. The molecule has 1 aromatic heterocycles. The van der Waals surface area contributed by atoms with E-state index in [9.17, 15) is 14.7 Å². The smallest absolute Gasteiger partial charge is 0.261 e. The highest BCUT2D eigenvalue weighted by Crippen LogP contribution is 2.29.